The van der Waals surface area contributed by atoms with Crippen LogP contribution in [-0.2, 0) is 9.84 Å². The summed E-state index contributed by atoms with van der Waals surface area (Å²) in [7, 11) is -2.81. The molecular formula is C10H19NO2S. The quantitative estimate of drug-likeness (QED) is 0.718. The van der Waals surface area contributed by atoms with E-state index in [-0.39, 0.29) is 5.75 Å². The van der Waals surface area contributed by atoms with E-state index in [0.29, 0.717) is 12.6 Å². The number of hydrogen-bond acceptors (Lipinski definition) is 3. The van der Waals surface area contributed by atoms with Gasteiger partial charge in [-0.15, -0.1) is 0 Å². The van der Waals surface area contributed by atoms with Crippen molar-refractivity contribution in [3.05, 3.63) is 11.6 Å². The summed E-state index contributed by atoms with van der Waals surface area (Å²) in [5.74, 6) is 0.242. The number of rotatable bonds is 4. The van der Waals surface area contributed by atoms with E-state index >= 15 is 0 Å². The molecule has 0 heterocycles. The van der Waals surface area contributed by atoms with E-state index in [2.05, 4.69) is 18.3 Å². The predicted octanol–water partition coefficient (Wildman–Crippen LogP) is 1.12. The number of nitrogens with one attached hydrogen (secondary N) is 1. The Kier molecular flexibility index (Phi) is 4.13. The van der Waals surface area contributed by atoms with Gasteiger partial charge in [0.15, 0.2) is 0 Å². The van der Waals surface area contributed by atoms with Crippen LogP contribution in [0.5, 0.6) is 0 Å². The van der Waals surface area contributed by atoms with Gasteiger partial charge >= 0.3 is 0 Å². The zero-order valence-electron chi connectivity index (χ0n) is 8.91. The van der Waals surface area contributed by atoms with Crippen molar-refractivity contribution < 1.29 is 8.42 Å². The molecule has 0 aromatic rings. The molecule has 4 heteroatoms. The lowest BCUT2D eigenvalue weighted by Gasteiger charge is -2.21. The highest BCUT2D eigenvalue weighted by atomic mass is 32.2. The summed E-state index contributed by atoms with van der Waals surface area (Å²) in [6.07, 6.45) is 6.82. The average Bonchev–Trinajstić information content (AvgIpc) is 2.06. The van der Waals surface area contributed by atoms with Crippen LogP contribution in [0.1, 0.15) is 26.2 Å². The topological polar surface area (TPSA) is 46.2 Å². The van der Waals surface area contributed by atoms with E-state index in [1.165, 1.54) is 11.8 Å². The number of hydrogen-bond donors (Lipinski definition) is 1. The summed E-state index contributed by atoms with van der Waals surface area (Å²) < 4.78 is 21.7. The van der Waals surface area contributed by atoms with Gasteiger partial charge in [0.1, 0.15) is 9.84 Å². The molecule has 0 radical (unpaired) electrons. The molecule has 82 valence electrons. The summed E-state index contributed by atoms with van der Waals surface area (Å²) in [6.45, 7) is 2.73. The Morgan fingerprint density at radius 3 is 2.79 bits per heavy atom. The fourth-order valence-corrected chi connectivity index (χ4v) is 2.09. The fraction of sp³-hybridized carbons (Fsp3) is 0.800. The van der Waals surface area contributed by atoms with Gasteiger partial charge in [-0.25, -0.2) is 8.42 Å². The monoisotopic (exact) mass is 217 g/mol. The lowest BCUT2D eigenvalue weighted by atomic mass is 9.96. The van der Waals surface area contributed by atoms with Gasteiger partial charge in [-0.3, -0.25) is 0 Å². The minimum atomic E-state index is -2.81. The van der Waals surface area contributed by atoms with Gasteiger partial charge in [0.2, 0.25) is 0 Å². The van der Waals surface area contributed by atoms with Crippen LogP contribution in [-0.4, -0.2) is 33.0 Å². The molecule has 0 fully saturated rings. The maximum Gasteiger partial charge on any atom is 0.148 e. The van der Waals surface area contributed by atoms with E-state index < -0.39 is 9.84 Å². The zero-order chi connectivity index (χ0) is 10.6. The van der Waals surface area contributed by atoms with Crippen molar-refractivity contribution in [3.63, 3.8) is 0 Å². The van der Waals surface area contributed by atoms with Crippen molar-refractivity contribution in [2.75, 3.05) is 18.6 Å². The Labute approximate surface area is 86.5 Å². The third-order valence-corrected chi connectivity index (χ3v) is 3.49. The molecule has 0 spiro atoms. The Bertz CT molecular complexity index is 306. The van der Waals surface area contributed by atoms with Gasteiger partial charge in [0.05, 0.1) is 5.75 Å². The predicted molar refractivity (Wildman–Crippen MR) is 59.1 cm³/mol. The van der Waals surface area contributed by atoms with E-state index in [4.69, 9.17) is 0 Å². The zero-order valence-corrected chi connectivity index (χ0v) is 9.73. The molecule has 0 bridgehead atoms. The first-order chi connectivity index (χ1) is 6.47. The van der Waals surface area contributed by atoms with Crippen molar-refractivity contribution in [1.82, 2.24) is 5.32 Å². The molecule has 0 aliphatic heterocycles. The SMILES string of the molecule is CC1=CCC(NCCS(C)(=O)=O)CC1. The first-order valence-corrected chi connectivity index (χ1v) is 7.10. The molecule has 1 atom stereocenters. The Morgan fingerprint density at radius 2 is 2.29 bits per heavy atom. The summed E-state index contributed by atoms with van der Waals surface area (Å²) in [5.41, 5.74) is 1.45. The van der Waals surface area contributed by atoms with E-state index in [1.807, 2.05) is 0 Å². The minimum Gasteiger partial charge on any atom is -0.313 e. The average molecular weight is 217 g/mol. The maximum atomic E-state index is 10.9. The molecule has 1 aliphatic carbocycles. The number of allylic oxidation sites excluding steroid dienone is 1. The lowest BCUT2D eigenvalue weighted by Crippen LogP contribution is -2.33. The Hall–Kier alpha value is -0.350. The van der Waals surface area contributed by atoms with Gasteiger partial charge in [-0.1, -0.05) is 11.6 Å². The van der Waals surface area contributed by atoms with Crippen LogP contribution in [0.15, 0.2) is 11.6 Å². The normalized spacial score (nSPS) is 23.3. The van der Waals surface area contributed by atoms with Crippen LogP contribution < -0.4 is 5.32 Å². The molecule has 0 aromatic carbocycles. The van der Waals surface area contributed by atoms with Crippen LogP contribution in [0.2, 0.25) is 0 Å². The molecule has 1 aliphatic rings. The third kappa shape index (κ3) is 4.77. The van der Waals surface area contributed by atoms with Crippen molar-refractivity contribution in [2.24, 2.45) is 0 Å². The van der Waals surface area contributed by atoms with Gasteiger partial charge in [0.25, 0.3) is 0 Å². The van der Waals surface area contributed by atoms with E-state index in [1.54, 1.807) is 0 Å². The van der Waals surface area contributed by atoms with Gasteiger partial charge < -0.3 is 5.32 Å². The van der Waals surface area contributed by atoms with Crippen LogP contribution in [0.4, 0.5) is 0 Å². The standard InChI is InChI=1S/C10H19NO2S/c1-9-3-5-10(6-4-9)11-7-8-14(2,12)13/h3,10-11H,4-8H2,1-2H3. The smallest absolute Gasteiger partial charge is 0.148 e. The first-order valence-electron chi connectivity index (χ1n) is 5.04. The molecule has 0 amide bonds. The molecule has 1 N–H and O–H groups in total. The maximum absolute atomic E-state index is 10.9. The molecule has 3 nitrogen and oxygen atoms in total. The van der Waals surface area contributed by atoms with Crippen LogP contribution >= 0.6 is 0 Å². The molecule has 0 saturated heterocycles. The summed E-state index contributed by atoms with van der Waals surface area (Å²) >= 11 is 0. The molecule has 0 saturated carbocycles. The highest BCUT2D eigenvalue weighted by molar-refractivity contribution is 7.90. The van der Waals surface area contributed by atoms with Gasteiger partial charge in [0, 0.05) is 18.8 Å². The van der Waals surface area contributed by atoms with Crippen LogP contribution in [0, 0.1) is 0 Å². The second-order valence-corrected chi connectivity index (χ2v) is 6.37. The Balaban J connectivity index is 2.21. The molecule has 0 aromatic heterocycles. The van der Waals surface area contributed by atoms with Gasteiger partial charge in [-0.2, -0.15) is 0 Å². The van der Waals surface area contributed by atoms with Crippen molar-refractivity contribution in [3.8, 4) is 0 Å². The summed E-state index contributed by atoms with van der Waals surface area (Å²) in [4.78, 5) is 0. The lowest BCUT2D eigenvalue weighted by molar-refractivity contribution is 0.479. The molecule has 14 heavy (non-hydrogen) atoms. The van der Waals surface area contributed by atoms with Crippen molar-refractivity contribution in [1.29, 1.82) is 0 Å². The highest BCUT2D eigenvalue weighted by Gasteiger charge is 2.12. The second-order valence-electron chi connectivity index (χ2n) is 4.11. The van der Waals surface area contributed by atoms with Crippen LogP contribution in [0.3, 0.4) is 0 Å². The van der Waals surface area contributed by atoms with E-state index in [9.17, 15) is 8.42 Å². The van der Waals surface area contributed by atoms with Gasteiger partial charge in [-0.05, 0) is 26.2 Å². The third-order valence-electron chi connectivity index (χ3n) is 2.54. The second kappa shape index (κ2) is 4.94. The number of sulfone groups is 1. The summed E-state index contributed by atoms with van der Waals surface area (Å²) in [5, 5.41) is 3.27. The van der Waals surface area contributed by atoms with Crippen LogP contribution in [0.25, 0.3) is 0 Å². The van der Waals surface area contributed by atoms with Crippen molar-refractivity contribution in [2.45, 2.75) is 32.2 Å². The first kappa shape index (κ1) is 11.7. The minimum absolute atomic E-state index is 0.242. The largest absolute Gasteiger partial charge is 0.313 e. The molecule has 1 rings (SSSR count). The van der Waals surface area contributed by atoms with Crippen molar-refractivity contribution >= 4 is 9.84 Å². The van der Waals surface area contributed by atoms with E-state index in [0.717, 1.165) is 19.3 Å². The molecule has 1 unspecified atom stereocenters. The highest BCUT2D eigenvalue weighted by Crippen LogP contribution is 2.16. The molecular weight excluding hydrogens is 198 g/mol. The summed E-state index contributed by atoms with van der Waals surface area (Å²) in [6, 6.07) is 0.473. The Morgan fingerprint density at radius 1 is 1.57 bits per heavy atom. The fourth-order valence-electron chi connectivity index (χ4n) is 1.60.